The fraction of sp³-hybridized carbons (Fsp3) is 0.111. The van der Waals surface area contributed by atoms with Crippen molar-refractivity contribution in [3.05, 3.63) is 48.0 Å². The number of aryl methyl sites for hydroxylation is 1. The Morgan fingerprint density at radius 3 is 2.16 bits per heavy atom. The summed E-state index contributed by atoms with van der Waals surface area (Å²) in [6, 6.07) is 8.79. The van der Waals surface area contributed by atoms with Gasteiger partial charge >= 0.3 is 80.9 Å². The van der Waals surface area contributed by atoms with Gasteiger partial charge in [-0.2, -0.15) is 10.2 Å². The molecule has 0 heterocycles. The van der Waals surface area contributed by atoms with E-state index in [4.69, 9.17) is 10.5 Å². The number of hydrogen-bond donors (Lipinski definition) is 1. The van der Waals surface area contributed by atoms with E-state index in [1.165, 1.54) is 25.3 Å². The number of benzene rings is 3. The topological polar surface area (TPSA) is 174 Å². The van der Waals surface area contributed by atoms with Gasteiger partial charge in [-0.3, -0.25) is 0 Å². The number of fused-ring (bicyclic) bond motifs is 1. The normalized spacial score (nSPS) is 11.8. The van der Waals surface area contributed by atoms with Crippen LogP contribution in [0.3, 0.4) is 0 Å². The fourth-order valence-corrected chi connectivity index (χ4v) is 4.12. The minimum atomic E-state index is -5.07. The van der Waals surface area contributed by atoms with Gasteiger partial charge in [0, 0.05) is 11.5 Å². The number of anilines is 1. The van der Waals surface area contributed by atoms with Crippen LogP contribution in [0.4, 0.5) is 17.1 Å². The van der Waals surface area contributed by atoms with Crippen LogP contribution in [0.15, 0.2) is 62.5 Å². The predicted molar refractivity (Wildman–Crippen MR) is 106 cm³/mol. The van der Waals surface area contributed by atoms with Gasteiger partial charge in [-0.15, -0.1) is 0 Å². The van der Waals surface area contributed by atoms with Crippen LogP contribution < -0.4 is 91.4 Å². The maximum Gasteiger partial charge on any atom is 1.00 e. The molecule has 0 aromatic heterocycles. The van der Waals surface area contributed by atoms with E-state index >= 15 is 0 Å². The van der Waals surface area contributed by atoms with Crippen molar-refractivity contribution < 1.29 is 112 Å². The molecule has 0 amide bonds. The van der Waals surface area contributed by atoms with Crippen LogP contribution in [0.25, 0.3) is 10.8 Å². The van der Waals surface area contributed by atoms with Crippen molar-refractivity contribution in [2.45, 2.75) is 16.7 Å². The molecule has 14 heteroatoms. The second-order valence-electron chi connectivity index (χ2n) is 6.32. The molecule has 0 fully saturated rings. The summed E-state index contributed by atoms with van der Waals surface area (Å²) in [5.74, 6) is 0.402. The van der Waals surface area contributed by atoms with Gasteiger partial charge in [0.25, 0.3) is 0 Å². The van der Waals surface area contributed by atoms with Crippen molar-refractivity contribution in [1.29, 1.82) is 0 Å². The monoisotopic (exact) mass is 511 g/mol. The molecule has 0 saturated carbocycles. The Bertz CT molecular complexity index is 1410. The number of methoxy groups -OCH3 is 1. The molecular weight excluding hydrogens is 496 g/mol. The third-order valence-electron chi connectivity index (χ3n) is 4.25. The number of hydrogen-bond acceptors (Lipinski definition) is 10. The van der Waals surface area contributed by atoms with Crippen LogP contribution in [0.1, 0.15) is 5.56 Å². The van der Waals surface area contributed by atoms with E-state index in [9.17, 15) is 25.9 Å². The van der Waals surface area contributed by atoms with Crippen molar-refractivity contribution in [3.8, 4) is 5.75 Å². The van der Waals surface area contributed by atoms with E-state index in [2.05, 4.69) is 10.2 Å². The van der Waals surface area contributed by atoms with Crippen LogP contribution in [0, 0.1) is 6.92 Å². The maximum atomic E-state index is 11.6. The zero-order valence-electron chi connectivity index (χ0n) is 17.7. The summed E-state index contributed by atoms with van der Waals surface area (Å²) in [4.78, 5) is -1.65. The second kappa shape index (κ2) is 11.3. The van der Waals surface area contributed by atoms with E-state index < -0.39 is 30.0 Å². The first kappa shape index (κ1) is 29.6. The van der Waals surface area contributed by atoms with Gasteiger partial charge in [0.15, 0.2) is 0 Å². The van der Waals surface area contributed by atoms with Gasteiger partial charge in [0.2, 0.25) is 0 Å². The van der Waals surface area contributed by atoms with Crippen LogP contribution in [0.5, 0.6) is 5.75 Å². The molecule has 0 bridgehead atoms. The molecule has 158 valence electrons. The van der Waals surface area contributed by atoms with Gasteiger partial charge in [0.1, 0.15) is 26.0 Å². The van der Waals surface area contributed by atoms with Crippen LogP contribution in [0.2, 0.25) is 0 Å². The van der Waals surface area contributed by atoms with Crippen molar-refractivity contribution in [2.24, 2.45) is 10.2 Å². The third kappa shape index (κ3) is 6.80. The molecule has 2 N–H and O–H groups in total. The molecule has 3 aromatic rings. The van der Waals surface area contributed by atoms with E-state index in [0.717, 1.165) is 6.07 Å². The Labute approximate surface area is 249 Å². The summed E-state index contributed by atoms with van der Waals surface area (Å²) in [5, 5.41) is 8.13. The summed E-state index contributed by atoms with van der Waals surface area (Å²) >= 11 is 0. The van der Waals surface area contributed by atoms with Crippen molar-refractivity contribution in [1.82, 2.24) is 0 Å². The quantitative estimate of drug-likeness (QED) is 0.163. The van der Waals surface area contributed by atoms with Gasteiger partial charge < -0.3 is 19.6 Å². The molecule has 3 aromatic carbocycles. The van der Waals surface area contributed by atoms with Gasteiger partial charge in [0.05, 0.1) is 34.0 Å². The molecule has 0 unspecified atom stereocenters. The molecule has 0 aliphatic heterocycles. The minimum Gasteiger partial charge on any atom is -0.744 e. The smallest absolute Gasteiger partial charge is 0.744 e. The average molecular weight is 512 g/mol. The predicted octanol–water partition coefficient (Wildman–Crippen LogP) is -3.03. The zero-order chi connectivity index (χ0) is 22.3. The first-order valence-electron chi connectivity index (χ1n) is 8.25. The van der Waals surface area contributed by atoms with Crippen molar-refractivity contribution in [2.75, 3.05) is 12.8 Å². The van der Waals surface area contributed by atoms with Gasteiger partial charge in [-0.1, -0.05) is 6.07 Å². The molecule has 3 rings (SSSR count). The standard InChI is InChI=1S/C18H17N3O7S2.K.Na/c1-10-5-15(19)17(28-2)9-16(10)21-20-12-4-3-11-6-13(29(22,23)24)8-18(14(11)7-12)30(25,26)27;;/h3-9H,19H2,1-2H3,(H,22,23,24)(H,25,26,27);;/q;2*+1/p-2. The zero-order valence-corrected chi connectivity index (χ0v) is 24.4. The molecule has 0 aliphatic rings. The molecule has 0 radical (unpaired) electrons. The first-order valence-corrected chi connectivity index (χ1v) is 11.1. The van der Waals surface area contributed by atoms with E-state index in [1.54, 1.807) is 19.1 Å². The number of ether oxygens (including phenoxy) is 1. The molecule has 0 spiro atoms. The average Bonchev–Trinajstić information content (AvgIpc) is 2.64. The molecule has 0 saturated heterocycles. The summed E-state index contributed by atoms with van der Waals surface area (Å²) in [5.41, 5.74) is 7.60. The third-order valence-corrected chi connectivity index (χ3v) is 5.94. The van der Waals surface area contributed by atoms with Gasteiger partial charge in [-0.25, -0.2) is 16.8 Å². The van der Waals surface area contributed by atoms with E-state index in [1.807, 2.05) is 0 Å². The van der Waals surface area contributed by atoms with Crippen LogP contribution in [-0.2, 0) is 20.2 Å². The maximum absolute atomic E-state index is 11.6. The Morgan fingerprint density at radius 2 is 1.59 bits per heavy atom. The number of nitrogens with two attached hydrogens (primary N) is 1. The minimum absolute atomic E-state index is 0. The second-order valence-corrected chi connectivity index (χ2v) is 9.04. The molecule has 32 heavy (non-hydrogen) atoms. The summed E-state index contributed by atoms with van der Waals surface area (Å²) < 4.78 is 73.9. The van der Waals surface area contributed by atoms with Crippen molar-refractivity contribution in [3.63, 3.8) is 0 Å². The van der Waals surface area contributed by atoms with E-state index in [0.29, 0.717) is 28.8 Å². The Morgan fingerprint density at radius 1 is 0.938 bits per heavy atom. The number of nitrogens with zero attached hydrogens (tertiary/aromatic N) is 2. The van der Waals surface area contributed by atoms with Crippen molar-refractivity contribution >= 4 is 48.1 Å². The largest absolute Gasteiger partial charge is 1.00 e. The summed E-state index contributed by atoms with van der Waals surface area (Å²) in [7, 11) is -8.59. The number of nitrogen functional groups attached to an aromatic ring is 1. The SMILES string of the molecule is COc1cc(N=Nc2ccc3cc(S(=O)(=O)[O-])cc(S(=O)(=O)[O-])c3c2)c(C)cc1N.[K+].[Na+]. The van der Waals surface area contributed by atoms with Crippen LogP contribution >= 0.6 is 0 Å². The molecule has 0 atom stereocenters. The number of azo groups is 1. The Balaban J connectivity index is 0.00000256. The fourth-order valence-electron chi connectivity index (χ4n) is 2.79. The van der Waals surface area contributed by atoms with Gasteiger partial charge in [-0.05, 0) is 48.2 Å². The summed E-state index contributed by atoms with van der Waals surface area (Å²) in [6.45, 7) is 1.76. The Kier molecular flexibility index (Phi) is 10.5. The first-order chi connectivity index (χ1) is 13.9. The van der Waals surface area contributed by atoms with Crippen LogP contribution in [-0.4, -0.2) is 33.1 Å². The molecule has 0 aliphatic carbocycles. The molecular formula is C18H15KN3NaO7S2. The number of rotatable bonds is 5. The Hall–Kier alpha value is -0.424. The summed E-state index contributed by atoms with van der Waals surface area (Å²) in [6.07, 6.45) is 0. The molecule has 10 nitrogen and oxygen atoms in total. The van der Waals surface area contributed by atoms with E-state index in [-0.39, 0.29) is 97.4 Å².